The number of amides is 2. The summed E-state index contributed by atoms with van der Waals surface area (Å²) in [5.41, 5.74) is 2.52. The number of esters is 1. The first-order valence-electron chi connectivity index (χ1n) is 11.4. The Labute approximate surface area is 205 Å². The molecule has 0 aromatic heterocycles. The summed E-state index contributed by atoms with van der Waals surface area (Å²) < 4.78 is 17.3. The highest BCUT2D eigenvalue weighted by atomic mass is 35.5. The lowest BCUT2D eigenvalue weighted by atomic mass is 9.91. The summed E-state index contributed by atoms with van der Waals surface area (Å²) in [4.78, 5) is 25.5. The number of carbonyl (C=O) groups is 2. The molecule has 0 aliphatic carbocycles. The third-order valence-electron chi connectivity index (χ3n) is 5.13. The van der Waals surface area contributed by atoms with Crippen molar-refractivity contribution in [1.29, 1.82) is 0 Å². The Morgan fingerprint density at radius 2 is 1.82 bits per heavy atom. The normalized spacial score (nSPS) is 15.8. The van der Waals surface area contributed by atoms with E-state index >= 15 is 0 Å². The third kappa shape index (κ3) is 6.23. The Kier molecular flexibility index (Phi) is 8.45. The van der Waals surface area contributed by atoms with Gasteiger partial charge in [0.15, 0.2) is 11.5 Å². The number of halogens is 1. The molecule has 1 aliphatic heterocycles. The van der Waals surface area contributed by atoms with Crippen molar-refractivity contribution in [2.45, 2.75) is 53.4 Å². The van der Waals surface area contributed by atoms with Gasteiger partial charge in [0, 0.05) is 10.7 Å². The van der Waals surface area contributed by atoms with Gasteiger partial charge in [-0.2, -0.15) is 0 Å². The van der Waals surface area contributed by atoms with Gasteiger partial charge in [-0.1, -0.05) is 43.6 Å². The molecule has 2 N–H and O–H groups in total. The van der Waals surface area contributed by atoms with Crippen LogP contribution in [-0.2, 0) is 16.1 Å². The lowest BCUT2D eigenvalue weighted by molar-refractivity contribution is -0.143. The summed E-state index contributed by atoms with van der Waals surface area (Å²) in [6.07, 6.45) is -0.298. The molecular weight excluding hydrogens is 456 g/mol. The number of urea groups is 1. The summed E-state index contributed by atoms with van der Waals surface area (Å²) in [5, 5.41) is 6.27. The van der Waals surface area contributed by atoms with E-state index in [4.69, 9.17) is 25.8 Å². The van der Waals surface area contributed by atoms with E-state index in [-0.39, 0.29) is 18.1 Å². The van der Waals surface area contributed by atoms with Crippen LogP contribution in [0.25, 0.3) is 0 Å². The highest BCUT2D eigenvalue weighted by molar-refractivity contribution is 6.30. The maximum absolute atomic E-state index is 13.0. The van der Waals surface area contributed by atoms with Crippen LogP contribution in [0.3, 0.4) is 0 Å². The summed E-state index contributed by atoms with van der Waals surface area (Å²) in [7, 11) is 0. The van der Waals surface area contributed by atoms with E-state index < -0.39 is 12.0 Å². The van der Waals surface area contributed by atoms with E-state index in [0.717, 1.165) is 5.56 Å². The fourth-order valence-corrected chi connectivity index (χ4v) is 3.89. The second-order valence-electron chi connectivity index (χ2n) is 8.53. The quantitative estimate of drug-likeness (QED) is 0.455. The maximum atomic E-state index is 13.0. The minimum atomic E-state index is -0.696. The molecule has 0 radical (unpaired) electrons. The zero-order valence-electron chi connectivity index (χ0n) is 20.1. The number of hydrogen-bond donors (Lipinski definition) is 2. The van der Waals surface area contributed by atoms with Crippen LogP contribution in [0.5, 0.6) is 11.5 Å². The molecule has 0 saturated heterocycles. The van der Waals surface area contributed by atoms with Gasteiger partial charge in [-0.3, -0.25) is 0 Å². The van der Waals surface area contributed by atoms with Gasteiger partial charge in [0.2, 0.25) is 0 Å². The van der Waals surface area contributed by atoms with E-state index in [1.165, 1.54) is 0 Å². The predicted molar refractivity (Wildman–Crippen MR) is 131 cm³/mol. The van der Waals surface area contributed by atoms with Crippen LogP contribution >= 0.6 is 11.6 Å². The number of hydrogen-bond acceptors (Lipinski definition) is 5. The first kappa shape index (κ1) is 25.4. The lowest BCUT2D eigenvalue weighted by Crippen LogP contribution is -2.47. The number of ether oxygens (including phenoxy) is 3. The SMILES string of the molecule is CCOc1cc(C2NC(=O)NC(C(C)C)=C2C(=O)OC(C)C)ccc1OCc1cccc(Cl)c1. The summed E-state index contributed by atoms with van der Waals surface area (Å²) >= 11 is 6.07. The first-order chi connectivity index (χ1) is 16.2. The van der Waals surface area contributed by atoms with Crippen molar-refractivity contribution in [3.8, 4) is 11.5 Å². The molecule has 1 aliphatic rings. The maximum Gasteiger partial charge on any atom is 0.338 e. The molecule has 0 fully saturated rings. The third-order valence-corrected chi connectivity index (χ3v) is 5.36. The van der Waals surface area contributed by atoms with Crippen LogP contribution in [0.1, 0.15) is 51.8 Å². The molecular formula is C26H31ClN2O5. The molecule has 8 heteroatoms. The van der Waals surface area contributed by atoms with E-state index in [0.29, 0.717) is 46.6 Å². The van der Waals surface area contributed by atoms with Crippen molar-refractivity contribution in [2.75, 3.05) is 6.61 Å². The van der Waals surface area contributed by atoms with Crippen molar-refractivity contribution < 1.29 is 23.8 Å². The number of benzene rings is 2. The van der Waals surface area contributed by atoms with E-state index in [1.807, 2.05) is 45.0 Å². The van der Waals surface area contributed by atoms with Crippen LogP contribution in [-0.4, -0.2) is 24.7 Å². The Morgan fingerprint density at radius 1 is 1.06 bits per heavy atom. The van der Waals surface area contributed by atoms with E-state index in [1.54, 1.807) is 32.0 Å². The summed E-state index contributed by atoms with van der Waals surface area (Å²) in [5.74, 6) is 0.494. The van der Waals surface area contributed by atoms with Gasteiger partial charge in [-0.25, -0.2) is 9.59 Å². The van der Waals surface area contributed by atoms with E-state index in [9.17, 15) is 9.59 Å². The zero-order valence-corrected chi connectivity index (χ0v) is 20.9. The molecule has 3 rings (SSSR count). The minimum absolute atomic E-state index is 0.0880. The largest absolute Gasteiger partial charge is 0.490 e. The smallest absolute Gasteiger partial charge is 0.338 e. The second-order valence-corrected chi connectivity index (χ2v) is 8.96. The van der Waals surface area contributed by atoms with Gasteiger partial charge >= 0.3 is 12.0 Å². The molecule has 0 spiro atoms. The highest BCUT2D eigenvalue weighted by Gasteiger charge is 2.35. The number of allylic oxidation sites excluding steroid dienone is 1. The summed E-state index contributed by atoms with van der Waals surface area (Å²) in [6.45, 7) is 10.0. The highest BCUT2D eigenvalue weighted by Crippen LogP contribution is 2.36. The van der Waals surface area contributed by atoms with Crippen molar-refractivity contribution in [3.63, 3.8) is 0 Å². The Hall–Kier alpha value is -3.19. The average Bonchev–Trinajstić information content (AvgIpc) is 2.77. The minimum Gasteiger partial charge on any atom is -0.490 e. The predicted octanol–water partition coefficient (Wildman–Crippen LogP) is 5.53. The first-order valence-corrected chi connectivity index (χ1v) is 11.7. The van der Waals surface area contributed by atoms with Crippen LogP contribution < -0.4 is 20.1 Å². The van der Waals surface area contributed by atoms with Crippen LogP contribution in [0.2, 0.25) is 5.02 Å². The monoisotopic (exact) mass is 486 g/mol. The van der Waals surface area contributed by atoms with Crippen LogP contribution in [0.15, 0.2) is 53.7 Å². The van der Waals surface area contributed by atoms with Crippen molar-refractivity contribution in [3.05, 3.63) is 69.9 Å². The molecule has 2 aromatic rings. The van der Waals surface area contributed by atoms with Crippen molar-refractivity contribution in [1.82, 2.24) is 10.6 Å². The van der Waals surface area contributed by atoms with Gasteiger partial charge in [-0.15, -0.1) is 0 Å². The summed E-state index contributed by atoms with van der Waals surface area (Å²) in [6, 6.07) is 11.7. The number of nitrogens with one attached hydrogen (secondary N) is 2. The molecule has 1 atom stereocenters. The Balaban J connectivity index is 1.97. The van der Waals surface area contributed by atoms with Gasteiger partial charge in [0.05, 0.1) is 24.3 Å². The molecule has 1 heterocycles. The van der Waals surface area contributed by atoms with Crippen LogP contribution in [0, 0.1) is 5.92 Å². The molecule has 2 aromatic carbocycles. The Bertz CT molecular complexity index is 1080. The van der Waals surface area contributed by atoms with Gasteiger partial charge < -0.3 is 24.8 Å². The van der Waals surface area contributed by atoms with Gasteiger partial charge in [0.25, 0.3) is 0 Å². The lowest BCUT2D eigenvalue weighted by Gasteiger charge is -2.31. The molecule has 0 saturated carbocycles. The fourth-order valence-electron chi connectivity index (χ4n) is 3.67. The molecule has 0 bridgehead atoms. The molecule has 34 heavy (non-hydrogen) atoms. The van der Waals surface area contributed by atoms with Gasteiger partial charge in [0.1, 0.15) is 6.61 Å². The fraction of sp³-hybridized carbons (Fsp3) is 0.385. The second kappa shape index (κ2) is 11.3. The molecule has 2 amide bonds. The van der Waals surface area contributed by atoms with E-state index in [2.05, 4.69) is 10.6 Å². The van der Waals surface area contributed by atoms with Crippen molar-refractivity contribution >= 4 is 23.6 Å². The zero-order chi connectivity index (χ0) is 24.8. The van der Waals surface area contributed by atoms with Crippen molar-refractivity contribution in [2.24, 2.45) is 5.92 Å². The number of rotatable bonds is 9. The molecule has 1 unspecified atom stereocenters. The number of carbonyl (C=O) groups excluding carboxylic acids is 2. The topological polar surface area (TPSA) is 85.9 Å². The average molecular weight is 487 g/mol. The molecule has 182 valence electrons. The Morgan fingerprint density at radius 3 is 2.47 bits per heavy atom. The van der Waals surface area contributed by atoms with Gasteiger partial charge in [-0.05, 0) is 62.1 Å². The standard InChI is InChI=1S/C26H31ClN2O5/c1-6-32-21-13-18(10-11-20(21)33-14-17-8-7-9-19(27)12-17)24-22(25(30)34-16(4)5)23(15(2)3)28-26(31)29-24/h7-13,15-16,24H,6,14H2,1-5H3,(H2,28,29,31). The van der Waals surface area contributed by atoms with Crippen LogP contribution in [0.4, 0.5) is 4.79 Å². The molecule has 7 nitrogen and oxygen atoms in total.